The SMILES string of the molecule is CCNC(CCc1ccccn1)Cc1nnn(C)n1. The van der Waals surface area contributed by atoms with Crippen molar-refractivity contribution in [3.63, 3.8) is 0 Å². The van der Waals surface area contributed by atoms with E-state index in [2.05, 4.69) is 38.7 Å². The second-order valence-corrected chi connectivity index (χ2v) is 4.51. The lowest BCUT2D eigenvalue weighted by Crippen LogP contribution is -2.32. The largest absolute Gasteiger partial charge is 0.314 e. The first-order valence-electron chi connectivity index (χ1n) is 6.64. The van der Waals surface area contributed by atoms with E-state index in [1.165, 1.54) is 4.80 Å². The van der Waals surface area contributed by atoms with Crippen molar-refractivity contribution < 1.29 is 0 Å². The zero-order valence-electron chi connectivity index (χ0n) is 11.5. The van der Waals surface area contributed by atoms with E-state index in [1.807, 2.05) is 18.3 Å². The average Bonchev–Trinajstić information content (AvgIpc) is 2.83. The maximum Gasteiger partial charge on any atom is 0.176 e. The number of nitrogens with zero attached hydrogens (tertiary/aromatic N) is 5. The average molecular weight is 260 g/mol. The number of hydrogen-bond acceptors (Lipinski definition) is 5. The molecule has 0 aliphatic rings. The summed E-state index contributed by atoms with van der Waals surface area (Å²) >= 11 is 0. The molecule has 2 rings (SSSR count). The van der Waals surface area contributed by atoms with E-state index >= 15 is 0 Å². The first kappa shape index (κ1) is 13.6. The summed E-state index contributed by atoms with van der Waals surface area (Å²) in [5.74, 6) is 0.787. The summed E-state index contributed by atoms with van der Waals surface area (Å²) in [4.78, 5) is 5.84. The van der Waals surface area contributed by atoms with Crippen molar-refractivity contribution in [1.82, 2.24) is 30.5 Å². The Labute approximate surface area is 113 Å². The fourth-order valence-corrected chi connectivity index (χ4v) is 2.06. The Kier molecular flexibility index (Phi) is 4.97. The van der Waals surface area contributed by atoms with E-state index in [-0.39, 0.29) is 0 Å². The number of rotatable bonds is 7. The van der Waals surface area contributed by atoms with E-state index < -0.39 is 0 Å². The Hall–Kier alpha value is -1.82. The van der Waals surface area contributed by atoms with Crippen LogP contribution in [0.2, 0.25) is 0 Å². The van der Waals surface area contributed by atoms with Crippen LogP contribution in [0.25, 0.3) is 0 Å². The summed E-state index contributed by atoms with van der Waals surface area (Å²) in [6.07, 6.45) is 4.61. The summed E-state index contributed by atoms with van der Waals surface area (Å²) in [5.41, 5.74) is 1.12. The van der Waals surface area contributed by atoms with Gasteiger partial charge in [-0.1, -0.05) is 13.0 Å². The van der Waals surface area contributed by atoms with Crippen molar-refractivity contribution in [2.45, 2.75) is 32.2 Å². The number of hydrogen-bond donors (Lipinski definition) is 1. The van der Waals surface area contributed by atoms with Gasteiger partial charge in [0.05, 0.1) is 7.05 Å². The Morgan fingerprint density at radius 3 is 2.89 bits per heavy atom. The van der Waals surface area contributed by atoms with Crippen molar-refractivity contribution in [2.75, 3.05) is 6.54 Å². The van der Waals surface area contributed by atoms with Crippen molar-refractivity contribution in [3.8, 4) is 0 Å². The number of aryl methyl sites for hydroxylation is 2. The normalized spacial score (nSPS) is 12.5. The minimum Gasteiger partial charge on any atom is -0.314 e. The summed E-state index contributed by atoms with van der Waals surface area (Å²) in [6.45, 7) is 3.05. The molecule has 2 heterocycles. The Morgan fingerprint density at radius 2 is 2.26 bits per heavy atom. The highest BCUT2D eigenvalue weighted by atomic mass is 15.6. The molecule has 0 saturated carbocycles. The molecular weight excluding hydrogens is 240 g/mol. The first-order chi connectivity index (χ1) is 9.28. The highest BCUT2D eigenvalue weighted by Gasteiger charge is 2.12. The van der Waals surface area contributed by atoms with E-state index in [4.69, 9.17) is 0 Å². The molecule has 1 unspecified atom stereocenters. The first-order valence-corrected chi connectivity index (χ1v) is 6.64. The molecule has 6 heteroatoms. The molecule has 0 spiro atoms. The van der Waals surface area contributed by atoms with E-state index in [1.54, 1.807) is 7.05 Å². The van der Waals surface area contributed by atoms with Gasteiger partial charge in [-0.05, 0) is 36.7 Å². The zero-order valence-corrected chi connectivity index (χ0v) is 11.5. The number of tetrazole rings is 1. The van der Waals surface area contributed by atoms with Gasteiger partial charge in [0.25, 0.3) is 0 Å². The summed E-state index contributed by atoms with van der Waals surface area (Å²) < 4.78 is 0. The molecular formula is C13H20N6. The Morgan fingerprint density at radius 1 is 1.37 bits per heavy atom. The molecule has 0 fully saturated rings. The van der Waals surface area contributed by atoms with Gasteiger partial charge in [0.1, 0.15) is 0 Å². The van der Waals surface area contributed by atoms with Crippen molar-refractivity contribution in [2.24, 2.45) is 7.05 Å². The van der Waals surface area contributed by atoms with Crippen molar-refractivity contribution in [3.05, 3.63) is 35.9 Å². The molecule has 0 radical (unpaired) electrons. The van der Waals surface area contributed by atoms with Crippen molar-refractivity contribution >= 4 is 0 Å². The van der Waals surface area contributed by atoms with E-state index in [0.29, 0.717) is 6.04 Å². The summed E-state index contributed by atoms with van der Waals surface area (Å²) in [6, 6.07) is 6.38. The zero-order chi connectivity index (χ0) is 13.5. The third-order valence-electron chi connectivity index (χ3n) is 2.95. The standard InChI is InChI=1S/C13H20N6/c1-3-14-12(10-13-16-18-19(2)17-13)8-7-11-6-4-5-9-15-11/h4-6,9,12,14H,3,7-8,10H2,1-2H3. The number of nitrogens with one attached hydrogen (secondary N) is 1. The summed E-state index contributed by atoms with van der Waals surface area (Å²) in [7, 11) is 1.78. The Balaban J connectivity index is 1.89. The monoisotopic (exact) mass is 260 g/mol. The van der Waals surface area contributed by atoms with Gasteiger partial charge >= 0.3 is 0 Å². The van der Waals surface area contributed by atoms with Crippen LogP contribution in [-0.2, 0) is 19.9 Å². The maximum atomic E-state index is 4.35. The van der Waals surface area contributed by atoms with Crippen LogP contribution in [0.1, 0.15) is 24.9 Å². The van der Waals surface area contributed by atoms with E-state index in [9.17, 15) is 0 Å². The Bertz CT molecular complexity index is 481. The highest BCUT2D eigenvalue weighted by Crippen LogP contribution is 2.05. The predicted molar refractivity (Wildman–Crippen MR) is 72.5 cm³/mol. The van der Waals surface area contributed by atoms with Gasteiger partial charge in [-0.15, -0.1) is 10.2 Å². The third kappa shape index (κ3) is 4.40. The molecule has 0 aromatic carbocycles. The van der Waals surface area contributed by atoms with Crippen molar-refractivity contribution in [1.29, 1.82) is 0 Å². The lowest BCUT2D eigenvalue weighted by molar-refractivity contribution is 0.479. The topological polar surface area (TPSA) is 68.5 Å². The second-order valence-electron chi connectivity index (χ2n) is 4.51. The summed E-state index contributed by atoms with van der Waals surface area (Å²) in [5, 5.41) is 15.6. The molecule has 19 heavy (non-hydrogen) atoms. The van der Waals surface area contributed by atoms with Gasteiger partial charge in [-0.25, -0.2) is 0 Å². The highest BCUT2D eigenvalue weighted by molar-refractivity contribution is 5.04. The molecule has 0 aliphatic carbocycles. The smallest absolute Gasteiger partial charge is 0.176 e. The van der Waals surface area contributed by atoms with Crippen LogP contribution >= 0.6 is 0 Å². The molecule has 6 nitrogen and oxygen atoms in total. The van der Waals surface area contributed by atoms with Gasteiger partial charge in [0, 0.05) is 24.4 Å². The van der Waals surface area contributed by atoms with E-state index in [0.717, 1.165) is 37.3 Å². The molecule has 1 N–H and O–H groups in total. The van der Waals surface area contributed by atoms with Gasteiger partial charge in [0.2, 0.25) is 0 Å². The van der Waals surface area contributed by atoms with Gasteiger partial charge < -0.3 is 5.32 Å². The second kappa shape index (κ2) is 6.94. The number of pyridine rings is 1. The predicted octanol–water partition coefficient (Wildman–Crippen LogP) is 0.758. The maximum absolute atomic E-state index is 4.35. The fraction of sp³-hybridized carbons (Fsp3) is 0.538. The van der Waals surface area contributed by atoms with Crippen LogP contribution in [0, 0.1) is 0 Å². The molecule has 0 aliphatic heterocycles. The molecule has 102 valence electrons. The molecule has 1 atom stereocenters. The van der Waals surface area contributed by atoms with Crippen LogP contribution < -0.4 is 5.32 Å². The minimum absolute atomic E-state index is 0.358. The lowest BCUT2D eigenvalue weighted by atomic mass is 10.1. The lowest BCUT2D eigenvalue weighted by Gasteiger charge is -2.15. The number of aromatic nitrogens is 5. The molecule has 2 aromatic heterocycles. The van der Waals surface area contributed by atoms with Crippen LogP contribution in [0.4, 0.5) is 0 Å². The minimum atomic E-state index is 0.358. The van der Waals surface area contributed by atoms with Crippen LogP contribution in [0.15, 0.2) is 24.4 Å². The van der Waals surface area contributed by atoms with Gasteiger partial charge in [-0.3, -0.25) is 4.98 Å². The fourth-order valence-electron chi connectivity index (χ4n) is 2.06. The number of likely N-dealkylation sites (N-methyl/N-ethyl adjacent to an activating group) is 1. The van der Waals surface area contributed by atoms with Crippen LogP contribution in [0.3, 0.4) is 0 Å². The molecule has 2 aromatic rings. The molecule has 0 bridgehead atoms. The van der Waals surface area contributed by atoms with Gasteiger partial charge in [0.15, 0.2) is 5.82 Å². The third-order valence-corrected chi connectivity index (χ3v) is 2.95. The quantitative estimate of drug-likeness (QED) is 0.796. The van der Waals surface area contributed by atoms with Crippen LogP contribution in [0.5, 0.6) is 0 Å². The molecule has 0 saturated heterocycles. The molecule has 0 amide bonds. The van der Waals surface area contributed by atoms with Gasteiger partial charge in [-0.2, -0.15) is 4.80 Å². The van der Waals surface area contributed by atoms with Crippen LogP contribution in [-0.4, -0.2) is 37.8 Å².